The summed E-state index contributed by atoms with van der Waals surface area (Å²) in [4.78, 5) is 8.06. The van der Waals surface area contributed by atoms with E-state index in [0.29, 0.717) is 16.2 Å². The van der Waals surface area contributed by atoms with E-state index in [4.69, 9.17) is 11.0 Å². The number of nitrogens with two attached hydrogens (primary N) is 1. The minimum Gasteiger partial charge on any atom is -0.383 e. The predicted molar refractivity (Wildman–Crippen MR) is 77.6 cm³/mol. The Morgan fingerprint density at radius 1 is 1.19 bits per heavy atom. The second kappa shape index (κ2) is 6.38. The van der Waals surface area contributed by atoms with Gasteiger partial charge < -0.3 is 5.73 Å². The summed E-state index contributed by atoms with van der Waals surface area (Å²) in [5.74, 6) is 0.176. The minimum atomic E-state index is 0.0378. The van der Waals surface area contributed by atoms with Crippen molar-refractivity contribution in [3.63, 3.8) is 0 Å². The molecule has 2 heterocycles. The first kappa shape index (κ1) is 14.3. The minimum absolute atomic E-state index is 0.0378. The van der Waals surface area contributed by atoms with Gasteiger partial charge in [-0.05, 0) is 6.07 Å². The van der Waals surface area contributed by atoms with Crippen LogP contribution in [0, 0.1) is 34.0 Å². The summed E-state index contributed by atoms with van der Waals surface area (Å²) in [5.41, 5.74) is 7.19. The highest BCUT2D eigenvalue weighted by Crippen LogP contribution is 2.34. The molecule has 0 aliphatic carbocycles. The van der Waals surface area contributed by atoms with Crippen molar-refractivity contribution in [2.45, 2.75) is 5.03 Å². The van der Waals surface area contributed by atoms with Crippen LogP contribution in [-0.4, -0.2) is 15.7 Å². The molecule has 0 aromatic carbocycles. The van der Waals surface area contributed by atoms with E-state index in [1.165, 1.54) is 0 Å². The Kier molecular flexibility index (Phi) is 4.36. The molecule has 7 heteroatoms. The van der Waals surface area contributed by atoms with Crippen LogP contribution in [0.2, 0.25) is 0 Å². The highest BCUT2D eigenvalue weighted by atomic mass is 32.2. The molecule has 0 amide bonds. The molecule has 6 nitrogen and oxygen atoms in total. The fourth-order valence-electron chi connectivity index (χ4n) is 1.80. The molecule has 0 aliphatic heterocycles. The van der Waals surface area contributed by atoms with Crippen LogP contribution in [0.15, 0.2) is 29.6 Å². The van der Waals surface area contributed by atoms with Gasteiger partial charge in [0.25, 0.3) is 0 Å². The van der Waals surface area contributed by atoms with Gasteiger partial charge in [0.05, 0.1) is 17.4 Å². The van der Waals surface area contributed by atoms with Crippen molar-refractivity contribution in [1.82, 2.24) is 9.97 Å². The fourth-order valence-corrected chi connectivity index (χ4v) is 2.46. The second-order valence-corrected chi connectivity index (χ2v) is 4.80. The van der Waals surface area contributed by atoms with E-state index < -0.39 is 0 Å². The Hall–Kier alpha value is -3.08. The van der Waals surface area contributed by atoms with Gasteiger partial charge in [-0.25, -0.2) is 4.98 Å². The van der Waals surface area contributed by atoms with Crippen molar-refractivity contribution in [1.29, 1.82) is 15.8 Å². The maximum absolute atomic E-state index is 9.41. The summed E-state index contributed by atoms with van der Waals surface area (Å²) in [7, 11) is 0. The van der Waals surface area contributed by atoms with Crippen LogP contribution in [0.4, 0.5) is 5.82 Å². The number of pyridine rings is 2. The molecule has 0 atom stereocenters. The van der Waals surface area contributed by atoms with E-state index in [0.717, 1.165) is 11.8 Å². The molecule has 0 unspecified atom stereocenters. The molecule has 2 aromatic rings. The summed E-state index contributed by atoms with van der Waals surface area (Å²) >= 11 is 1.11. The van der Waals surface area contributed by atoms with Gasteiger partial charge in [0.2, 0.25) is 0 Å². The zero-order valence-electron chi connectivity index (χ0n) is 10.7. The van der Waals surface area contributed by atoms with Crippen LogP contribution in [-0.2, 0) is 0 Å². The first-order chi connectivity index (χ1) is 10.2. The third-order valence-corrected chi connectivity index (χ3v) is 3.48. The number of nitrogen functional groups attached to an aromatic ring is 1. The molecule has 0 saturated heterocycles. The van der Waals surface area contributed by atoms with Crippen LogP contribution < -0.4 is 5.73 Å². The maximum Gasteiger partial charge on any atom is 0.143 e. The predicted octanol–water partition coefficient (Wildman–Crippen LogP) is 2.08. The van der Waals surface area contributed by atoms with E-state index in [9.17, 15) is 10.5 Å². The Labute approximate surface area is 125 Å². The first-order valence-electron chi connectivity index (χ1n) is 5.76. The Bertz CT molecular complexity index is 795. The van der Waals surface area contributed by atoms with Crippen molar-refractivity contribution in [2.75, 3.05) is 11.5 Å². The van der Waals surface area contributed by atoms with E-state index in [1.54, 1.807) is 24.5 Å². The van der Waals surface area contributed by atoms with Crippen LogP contribution in [0.1, 0.15) is 11.1 Å². The molecule has 0 spiro atoms. The molecule has 2 N–H and O–H groups in total. The summed E-state index contributed by atoms with van der Waals surface area (Å²) in [5, 5.41) is 27.7. The summed E-state index contributed by atoms with van der Waals surface area (Å²) < 4.78 is 0. The van der Waals surface area contributed by atoms with Gasteiger partial charge in [0.15, 0.2) is 0 Å². The number of hydrogen-bond acceptors (Lipinski definition) is 7. The van der Waals surface area contributed by atoms with Crippen molar-refractivity contribution in [3.05, 3.63) is 35.7 Å². The van der Waals surface area contributed by atoms with E-state index >= 15 is 0 Å². The number of nitriles is 3. The van der Waals surface area contributed by atoms with E-state index in [2.05, 4.69) is 9.97 Å². The second-order valence-electron chi connectivity index (χ2n) is 3.84. The molecular formula is C14H8N6S. The molecule has 0 saturated carbocycles. The van der Waals surface area contributed by atoms with Crippen molar-refractivity contribution in [3.8, 4) is 29.3 Å². The molecule has 0 aliphatic rings. The van der Waals surface area contributed by atoms with Gasteiger partial charge in [-0.2, -0.15) is 15.8 Å². The number of aromatic nitrogens is 2. The highest BCUT2D eigenvalue weighted by Gasteiger charge is 2.20. The van der Waals surface area contributed by atoms with Crippen LogP contribution in [0.3, 0.4) is 0 Å². The first-order valence-corrected chi connectivity index (χ1v) is 6.75. The third-order valence-electron chi connectivity index (χ3n) is 2.64. The largest absolute Gasteiger partial charge is 0.383 e. The van der Waals surface area contributed by atoms with Crippen LogP contribution >= 0.6 is 11.8 Å². The zero-order valence-corrected chi connectivity index (χ0v) is 11.6. The molecular weight excluding hydrogens is 284 g/mol. The number of nitrogens with zero attached hydrogens (tertiary/aromatic N) is 5. The Balaban J connectivity index is 2.78. The summed E-state index contributed by atoms with van der Waals surface area (Å²) in [6.45, 7) is 0. The average Bonchev–Trinajstić information content (AvgIpc) is 2.52. The van der Waals surface area contributed by atoms with Crippen molar-refractivity contribution >= 4 is 17.6 Å². The molecule has 2 rings (SSSR count). The summed E-state index contributed by atoms with van der Waals surface area (Å²) in [6.07, 6.45) is 3.15. The summed E-state index contributed by atoms with van der Waals surface area (Å²) in [6, 6.07) is 9.44. The third kappa shape index (κ3) is 2.76. The molecule has 0 fully saturated rings. The quantitative estimate of drug-likeness (QED) is 0.859. The monoisotopic (exact) mass is 292 g/mol. The molecule has 0 bridgehead atoms. The Morgan fingerprint density at radius 3 is 2.52 bits per heavy atom. The van der Waals surface area contributed by atoms with Crippen LogP contribution in [0.5, 0.6) is 0 Å². The number of thioether (sulfide) groups is 1. The lowest BCUT2D eigenvalue weighted by Crippen LogP contribution is -2.03. The standard InChI is InChI=1S/C14H8N6S/c15-3-5-21-14-11(7-17)12(9-2-1-4-19-8-9)10(6-16)13(18)20-14/h1-2,4,8H,5H2,(H2,18,20). The normalized spacial score (nSPS) is 9.38. The topological polar surface area (TPSA) is 123 Å². The molecule has 2 aromatic heterocycles. The smallest absolute Gasteiger partial charge is 0.143 e. The fraction of sp³-hybridized carbons (Fsp3) is 0.0714. The van der Waals surface area contributed by atoms with Gasteiger partial charge in [-0.1, -0.05) is 17.8 Å². The van der Waals surface area contributed by atoms with Crippen molar-refractivity contribution < 1.29 is 0 Å². The van der Waals surface area contributed by atoms with Gasteiger partial charge in [-0.3, -0.25) is 4.98 Å². The average molecular weight is 292 g/mol. The molecule has 100 valence electrons. The van der Waals surface area contributed by atoms with E-state index in [-0.39, 0.29) is 22.7 Å². The number of anilines is 1. The number of hydrogen-bond donors (Lipinski definition) is 1. The Morgan fingerprint density at radius 2 is 1.95 bits per heavy atom. The maximum atomic E-state index is 9.41. The van der Waals surface area contributed by atoms with Crippen LogP contribution in [0.25, 0.3) is 11.1 Å². The molecule has 21 heavy (non-hydrogen) atoms. The SMILES string of the molecule is N#CCSc1nc(N)c(C#N)c(-c2cccnc2)c1C#N. The van der Waals surface area contributed by atoms with Gasteiger partial charge >= 0.3 is 0 Å². The lowest BCUT2D eigenvalue weighted by molar-refractivity contribution is 1.11. The lowest BCUT2D eigenvalue weighted by Gasteiger charge is -2.11. The molecule has 0 radical (unpaired) electrons. The van der Waals surface area contributed by atoms with E-state index in [1.807, 2.05) is 18.2 Å². The van der Waals surface area contributed by atoms with Crippen molar-refractivity contribution in [2.24, 2.45) is 0 Å². The van der Waals surface area contributed by atoms with Gasteiger partial charge in [0, 0.05) is 23.5 Å². The highest BCUT2D eigenvalue weighted by molar-refractivity contribution is 7.99. The zero-order chi connectivity index (χ0) is 15.2. The van der Waals surface area contributed by atoms with Gasteiger partial charge in [-0.15, -0.1) is 0 Å². The number of rotatable bonds is 3. The lowest BCUT2D eigenvalue weighted by atomic mass is 9.98. The van der Waals surface area contributed by atoms with Gasteiger partial charge in [0.1, 0.15) is 28.5 Å².